The van der Waals surface area contributed by atoms with Crippen LogP contribution in [0.5, 0.6) is 0 Å². The van der Waals surface area contributed by atoms with Crippen LogP contribution in [0.25, 0.3) is 44.6 Å². The number of imidazole rings is 1. The molecule has 0 bridgehead atoms. The summed E-state index contributed by atoms with van der Waals surface area (Å²) in [5.74, 6) is 0. The third-order valence-electron chi connectivity index (χ3n) is 6.34. The second-order valence-corrected chi connectivity index (χ2v) is 9.71. The van der Waals surface area contributed by atoms with E-state index in [0.717, 1.165) is 44.6 Å². The Kier molecular flexibility index (Phi) is 4.63. The molecule has 0 aliphatic carbocycles. The van der Waals surface area contributed by atoms with Crippen molar-refractivity contribution in [1.82, 2.24) is 19.1 Å². The molecular formula is C30H26N4. The van der Waals surface area contributed by atoms with E-state index < -0.39 is 0 Å². The van der Waals surface area contributed by atoms with E-state index in [9.17, 15) is 0 Å². The quantitative estimate of drug-likeness (QED) is 0.288. The van der Waals surface area contributed by atoms with Gasteiger partial charge < -0.3 is 0 Å². The van der Waals surface area contributed by atoms with E-state index in [4.69, 9.17) is 4.98 Å². The molecule has 4 heteroatoms. The van der Waals surface area contributed by atoms with Gasteiger partial charge in [0.1, 0.15) is 12.0 Å². The van der Waals surface area contributed by atoms with Crippen LogP contribution in [-0.2, 0) is 5.41 Å². The van der Waals surface area contributed by atoms with Gasteiger partial charge in [0.2, 0.25) is 0 Å². The summed E-state index contributed by atoms with van der Waals surface area (Å²) in [6, 6.07) is 31.7. The third-order valence-corrected chi connectivity index (χ3v) is 6.34. The topological polar surface area (TPSA) is 35.6 Å². The first-order valence-corrected chi connectivity index (χ1v) is 11.6. The normalized spacial score (nSPS) is 12.0. The van der Waals surface area contributed by atoms with Crippen molar-refractivity contribution in [3.63, 3.8) is 0 Å². The van der Waals surface area contributed by atoms with Gasteiger partial charge in [-0.2, -0.15) is 0 Å². The molecule has 0 spiro atoms. The maximum atomic E-state index is 4.99. The molecule has 0 saturated heterocycles. The third kappa shape index (κ3) is 3.30. The summed E-state index contributed by atoms with van der Waals surface area (Å²) in [5, 5.41) is 1.13. The van der Waals surface area contributed by atoms with Crippen LogP contribution in [0.1, 0.15) is 26.5 Å². The first-order valence-electron chi connectivity index (χ1n) is 11.6. The van der Waals surface area contributed by atoms with E-state index in [1.165, 1.54) is 5.69 Å². The van der Waals surface area contributed by atoms with Gasteiger partial charge in [-0.1, -0.05) is 69.3 Å². The van der Waals surface area contributed by atoms with Crippen molar-refractivity contribution < 1.29 is 0 Å². The summed E-state index contributed by atoms with van der Waals surface area (Å²) in [6.45, 7) is 6.75. The van der Waals surface area contributed by atoms with Crippen LogP contribution < -0.4 is 0 Å². The van der Waals surface area contributed by atoms with Gasteiger partial charge in [0, 0.05) is 45.2 Å². The Morgan fingerprint density at radius 1 is 0.706 bits per heavy atom. The zero-order valence-corrected chi connectivity index (χ0v) is 19.6. The molecule has 0 aliphatic heterocycles. The highest BCUT2D eigenvalue weighted by atomic mass is 15.1. The Hall–Kier alpha value is -4.18. The zero-order chi connectivity index (χ0) is 23.3. The van der Waals surface area contributed by atoms with Gasteiger partial charge >= 0.3 is 0 Å². The number of nitrogens with zero attached hydrogens (tertiary/aromatic N) is 4. The maximum absolute atomic E-state index is 4.99. The van der Waals surface area contributed by atoms with Crippen molar-refractivity contribution in [3.05, 3.63) is 109 Å². The van der Waals surface area contributed by atoms with Crippen LogP contribution in [-0.4, -0.2) is 19.1 Å². The SMILES string of the molecule is CC(C)(C)c1cc2cc(-c3cccc4ncn(-c5ccccc5)c34)cnc2n1-c1ccccc1. The molecular weight excluding hydrogens is 416 g/mol. The highest BCUT2D eigenvalue weighted by Gasteiger charge is 2.23. The molecule has 0 N–H and O–H groups in total. The van der Waals surface area contributed by atoms with Crippen molar-refractivity contribution in [1.29, 1.82) is 0 Å². The Morgan fingerprint density at radius 2 is 1.41 bits per heavy atom. The summed E-state index contributed by atoms with van der Waals surface area (Å²) < 4.78 is 4.44. The summed E-state index contributed by atoms with van der Waals surface area (Å²) in [6.07, 6.45) is 3.89. The molecule has 0 saturated carbocycles. The number of para-hydroxylation sites is 3. The van der Waals surface area contributed by atoms with Gasteiger partial charge in [0.05, 0.1) is 11.0 Å². The molecule has 4 nitrogen and oxygen atoms in total. The van der Waals surface area contributed by atoms with Crippen molar-refractivity contribution >= 4 is 22.1 Å². The van der Waals surface area contributed by atoms with Crippen molar-refractivity contribution in [2.24, 2.45) is 0 Å². The van der Waals surface area contributed by atoms with Gasteiger partial charge in [0.15, 0.2) is 0 Å². The molecule has 0 unspecified atom stereocenters. The van der Waals surface area contributed by atoms with Crippen LogP contribution in [0.4, 0.5) is 0 Å². The zero-order valence-electron chi connectivity index (χ0n) is 19.6. The minimum atomic E-state index is -0.0252. The molecule has 6 rings (SSSR count). The highest BCUT2D eigenvalue weighted by Crippen LogP contribution is 2.35. The number of benzene rings is 3. The number of pyridine rings is 1. The molecule has 166 valence electrons. The standard InChI is InChI=1S/C30H26N4/c1-30(2,3)27-18-21-17-22(19-31-29(21)34(27)24-13-8-5-9-14-24)25-15-10-16-26-28(25)33(20-32-26)23-11-6-4-7-12-23/h4-20H,1-3H3. The van der Waals surface area contributed by atoms with Crippen LogP contribution in [0.3, 0.4) is 0 Å². The lowest BCUT2D eigenvalue weighted by atomic mass is 9.92. The molecule has 0 atom stereocenters. The maximum Gasteiger partial charge on any atom is 0.144 e. The molecule has 0 radical (unpaired) electrons. The Labute approximate surface area is 199 Å². The summed E-state index contributed by atoms with van der Waals surface area (Å²) in [4.78, 5) is 9.67. The van der Waals surface area contributed by atoms with Gasteiger partial charge in [-0.05, 0) is 42.5 Å². The van der Waals surface area contributed by atoms with E-state index in [-0.39, 0.29) is 5.41 Å². The first-order chi connectivity index (χ1) is 16.5. The monoisotopic (exact) mass is 442 g/mol. The van der Waals surface area contributed by atoms with Crippen molar-refractivity contribution in [2.45, 2.75) is 26.2 Å². The molecule has 0 fully saturated rings. The smallest absolute Gasteiger partial charge is 0.144 e. The lowest BCUT2D eigenvalue weighted by Crippen LogP contribution is -2.16. The summed E-state index contributed by atoms with van der Waals surface area (Å²) in [5.41, 5.74) is 8.69. The molecule has 0 aliphatic rings. The number of hydrogen-bond donors (Lipinski definition) is 0. The minimum absolute atomic E-state index is 0.0252. The number of hydrogen-bond acceptors (Lipinski definition) is 2. The Bertz CT molecular complexity index is 1620. The highest BCUT2D eigenvalue weighted by molar-refractivity contribution is 5.95. The fourth-order valence-corrected chi connectivity index (χ4v) is 4.71. The molecule has 34 heavy (non-hydrogen) atoms. The average molecular weight is 443 g/mol. The fraction of sp³-hybridized carbons (Fsp3) is 0.133. The second kappa shape index (κ2) is 7.70. The lowest BCUT2D eigenvalue weighted by molar-refractivity contribution is 0.559. The molecule has 0 amide bonds. The van der Waals surface area contributed by atoms with Gasteiger partial charge in [-0.3, -0.25) is 9.13 Å². The Balaban J connectivity index is 1.59. The minimum Gasteiger partial charge on any atom is -0.298 e. The van der Waals surface area contributed by atoms with Crippen LogP contribution >= 0.6 is 0 Å². The van der Waals surface area contributed by atoms with Gasteiger partial charge in [-0.25, -0.2) is 9.97 Å². The van der Waals surface area contributed by atoms with Gasteiger partial charge in [0.25, 0.3) is 0 Å². The lowest BCUT2D eigenvalue weighted by Gasteiger charge is -2.21. The molecule has 6 aromatic rings. The van der Waals surface area contributed by atoms with Gasteiger partial charge in [-0.15, -0.1) is 0 Å². The van der Waals surface area contributed by atoms with Crippen molar-refractivity contribution in [2.75, 3.05) is 0 Å². The predicted octanol–water partition coefficient (Wildman–Crippen LogP) is 7.33. The van der Waals surface area contributed by atoms with Crippen molar-refractivity contribution in [3.8, 4) is 22.5 Å². The number of rotatable bonds is 3. The Morgan fingerprint density at radius 3 is 2.12 bits per heavy atom. The number of aromatic nitrogens is 4. The van der Waals surface area contributed by atoms with E-state index in [0.29, 0.717) is 0 Å². The summed E-state index contributed by atoms with van der Waals surface area (Å²) >= 11 is 0. The average Bonchev–Trinajstić information content (AvgIpc) is 3.47. The van der Waals surface area contributed by atoms with E-state index in [1.807, 2.05) is 24.7 Å². The largest absolute Gasteiger partial charge is 0.298 e. The van der Waals surface area contributed by atoms with E-state index in [2.05, 4.69) is 114 Å². The predicted molar refractivity (Wildman–Crippen MR) is 140 cm³/mol. The summed E-state index contributed by atoms with van der Waals surface area (Å²) in [7, 11) is 0. The second-order valence-electron chi connectivity index (χ2n) is 9.71. The molecule has 3 heterocycles. The van der Waals surface area contributed by atoms with E-state index in [1.54, 1.807) is 0 Å². The van der Waals surface area contributed by atoms with E-state index >= 15 is 0 Å². The van der Waals surface area contributed by atoms with Crippen LogP contribution in [0, 0.1) is 0 Å². The van der Waals surface area contributed by atoms with Crippen LogP contribution in [0.2, 0.25) is 0 Å². The molecule has 3 aromatic heterocycles. The fourth-order valence-electron chi connectivity index (χ4n) is 4.71. The first kappa shape index (κ1) is 20.4. The number of fused-ring (bicyclic) bond motifs is 2. The molecule has 3 aromatic carbocycles. The van der Waals surface area contributed by atoms with Crippen LogP contribution in [0.15, 0.2) is 104 Å².